The fraction of sp³-hybridized carbons (Fsp3) is 0.889. The third kappa shape index (κ3) is 1.84. The molecule has 0 spiro atoms. The molecule has 3 N–H and O–H groups in total. The van der Waals surface area contributed by atoms with Crippen molar-refractivity contribution in [3.05, 3.63) is 0 Å². The Kier molecular flexibility index (Phi) is 2.51. The average molecular weight is 184 g/mol. The molecule has 1 aliphatic carbocycles. The summed E-state index contributed by atoms with van der Waals surface area (Å²) in [5, 5.41) is 2.94. The fourth-order valence-electron chi connectivity index (χ4n) is 1.69. The highest BCUT2D eigenvalue weighted by atomic mass is 16.5. The summed E-state index contributed by atoms with van der Waals surface area (Å²) in [7, 11) is 0. The first-order valence-electron chi connectivity index (χ1n) is 4.91. The van der Waals surface area contributed by atoms with Gasteiger partial charge in [0, 0.05) is 5.92 Å². The second kappa shape index (κ2) is 3.64. The lowest BCUT2D eigenvalue weighted by Gasteiger charge is -2.26. The van der Waals surface area contributed by atoms with E-state index in [-0.39, 0.29) is 23.9 Å². The maximum atomic E-state index is 11.5. The van der Waals surface area contributed by atoms with E-state index in [1.54, 1.807) is 0 Å². The Labute approximate surface area is 77.8 Å². The zero-order chi connectivity index (χ0) is 9.26. The van der Waals surface area contributed by atoms with Crippen LogP contribution in [0.2, 0.25) is 0 Å². The van der Waals surface area contributed by atoms with Crippen LogP contribution in [-0.4, -0.2) is 31.2 Å². The normalized spacial score (nSPS) is 34.2. The topological polar surface area (TPSA) is 64.3 Å². The third-order valence-electron chi connectivity index (χ3n) is 2.93. The fourth-order valence-corrected chi connectivity index (χ4v) is 1.69. The van der Waals surface area contributed by atoms with Crippen molar-refractivity contribution in [2.24, 2.45) is 11.7 Å². The summed E-state index contributed by atoms with van der Waals surface area (Å²) in [6.07, 6.45) is 3.26. The largest absolute Gasteiger partial charge is 0.378 e. The van der Waals surface area contributed by atoms with Gasteiger partial charge in [0.2, 0.25) is 5.91 Å². The van der Waals surface area contributed by atoms with E-state index in [2.05, 4.69) is 5.32 Å². The van der Waals surface area contributed by atoms with Crippen LogP contribution in [0.5, 0.6) is 0 Å². The SMILES string of the molecule is NC1COCC1NC(=O)C1CCC1. The highest BCUT2D eigenvalue weighted by Crippen LogP contribution is 2.26. The molecule has 4 heteroatoms. The van der Waals surface area contributed by atoms with E-state index < -0.39 is 0 Å². The standard InChI is InChI=1S/C9H16N2O2/c10-7-4-13-5-8(7)11-9(12)6-2-1-3-6/h6-8H,1-5,10H2,(H,11,12). The minimum Gasteiger partial charge on any atom is -0.378 e. The number of rotatable bonds is 2. The van der Waals surface area contributed by atoms with E-state index in [0.29, 0.717) is 13.2 Å². The Morgan fingerprint density at radius 3 is 2.62 bits per heavy atom. The zero-order valence-corrected chi connectivity index (χ0v) is 7.66. The molecule has 0 radical (unpaired) electrons. The van der Waals surface area contributed by atoms with Gasteiger partial charge in [-0.25, -0.2) is 0 Å². The Morgan fingerprint density at radius 1 is 1.38 bits per heavy atom. The first-order chi connectivity index (χ1) is 6.27. The van der Waals surface area contributed by atoms with Crippen LogP contribution in [-0.2, 0) is 9.53 Å². The summed E-state index contributed by atoms with van der Waals surface area (Å²) in [6.45, 7) is 1.13. The summed E-state index contributed by atoms with van der Waals surface area (Å²) in [4.78, 5) is 11.5. The van der Waals surface area contributed by atoms with Gasteiger partial charge in [0.25, 0.3) is 0 Å². The van der Waals surface area contributed by atoms with Crippen LogP contribution in [0.25, 0.3) is 0 Å². The smallest absolute Gasteiger partial charge is 0.223 e. The number of amides is 1. The summed E-state index contributed by atoms with van der Waals surface area (Å²) >= 11 is 0. The van der Waals surface area contributed by atoms with Crippen LogP contribution in [0.4, 0.5) is 0 Å². The van der Waals surface area contributed by atoms with Crippen LogP contribution in [0, 0.1) is 5.92 Å². The molecule has 1 aliphatic heterocycles. The molecule has 1 heterocycles. The van der Waals surface area contributed by atoms with Gasteiger partial charge in [-0.2, -0.15) is 0 Å². The van der Waals surface area contributed by atoms with Crippen molar-refractivity contribution in [3.63, 3.8) is 0 Å². The highest BCUT2D eigenvalue weighted by molar-refractivity contribution is 5.79. The summed E-state index contributed by atoms with van der Waals surface area (Å²) in [5.41, 5.74) is 5.75. The molecule has 0 aromatic carbocycles. The predicted octanol–water partition coefficient (Wildman–Crippen LogP) is -0.371. The van der Waals surface area contributed by atoms with Crippen molar-refractivity contribution in [1.29, 1.82) is 0 Å². The summed E-state index contributed by atoms with van der Waals surface area (Å²) in [5.74, 6) is 0.407. The lowest BCUT2D eigenvalue weighted by Crippen LogP contribution is -2.49. The Hall–Kier alpha value is -0.610. The monoisotopic (exact) mass is 184 g/mol. The second-order valence-corrected chi connectivity index (χ2v) is 3.94. The van der Waals surface area contributed by atoms with Crippen LogP contribution >= 0.6 is 0 Å². The van der Waals surface area contributed by atoms with E-state index in [1.807, 2.05) is 0 Å². The first-order valence-corrected chi connectivity index (χ1v) is 4.91. The third-order valence-corrected chi connectivity index (χ3v) is 2.93. The van der Waals surface area contributed by atoms with Crippen molar-refractivity contribution >= 4 is 5.91 Å². The first kappa shape index (κ1) is 8.97. The number of carbonyl (C=O) groups is 1. The molecule has 13 heavy (non-hydrogen) atoms. The van der Waals surface area contributed by atoms with Crippen LogP contribution < -0.4 is 11.1 Å². The highest BCUT2D eigenvalue weighted by Gasteiger charge is 2.31. The molecule has 0 bridgehead atoms. The minimum absolute atomic E-state index is 0.0240. The van der Waals surface area contributed by atoms with E-state index in [1.165, 1.54) is 6.42 Å². The molecule has 2 atom stereocenters. The lowest BCUT2D eigenvalue weighted by atomic mass is 9.84. The van der Waals surface area contributed by atoms with Crippen molar-refractivity contribution in [2.75, 3.05) is 13.2 Å². The molecule has 4 nitrogen and oxygen atoms in total. The van der Waals surface area contributed by atoms with E-state index in [4.69, 9.17) is 10.5 Å². The molecule has 1 amide bonds. The number of ether oxygens (including phenoxy) is 1. The second-order valence-electron chi connectivity index (χ2n) is 3.94. The van der Waals surface area contributed by atoms with Gasteiger partial charge in [0.1, 0.15) is 0 Å². The summed E-state index contributed by atoms with van der Waals surface area (Å²) < 4.78 is 5.16. The molecule has 1 saturated heterocycles. The maximum Gasteiger partial charge on any atom is 0.223 e. The average Bonchev–Trinajstić information content (AvgIpc) is 2.32. The molecule has 2 fully saturated rings. The number of hydrogen-bond donors (Lipinski definition) is 2. The van der Waals surface area contributed by atoms with Crippen molar-refractivity contribution < 1.29 is 9.53 Å². The van der Waals surface area contributed by atoms with Gasteiger partial charge in [0.15, 0.2) is 0 Å². The number of nitrogens with two attached hydrogens (primary N) is 1. The van der Waals surface area contributed by atoms with Crippen LogP contribution in [0.1, 0.15) is 19.3 Å². The van der Waals surface area contributed by atoms with Crippen molar-refractivity contribution in [1.82, 2.24) is 5.32 Å². The van der Waals surface area contributed by atoms with Gasteiger partial charge in [0.05, 0.1) is 25.3 Å². The number of carbonyl (C=O) groups excluding carboxylic acids is 1. The molecule has 0 aromatic heterocycles. The lowest BCUT2D eigenvalue weighted by molar-refractivity contribution is -0.128. The Balaban J connectivity index is 1.79. The molecular weight excluding hydrogens is 168 g/mol. The van der Waals surface area contributed by atoms with E-state index in [0.717, 1.165) is 12.8 Å². The zero-order valence-electron chi connectivity index (χ0n) is 7.66. The molecule has 2 aliphatic rings. The number of nitrogens with one attached hydrogen (secondary N) is 1. The molecule has 0 aromatic rings. The van der Waals surface area contributed by atoms with Crippen LogP contribution in [0.3, 0.4) is 0 Å². The Bertz CT molecular complexity index is 204. The van der Waals surface area contributed by atoms with Gasteiger partial charge in [-0.15, -0.1) is 0 Å². The van der Waals surface area contributed by atoms with E-state index >= 15 is 0 Å². The molecule has 2 rings (SSSR count). The minimum atomic E-state index is -0.0240. The van der Waals surface area contributed by atoms with Gasteiger partial charge in [-0.1, -0.05) is 6.42 Å². The van der Waals surface area contributed by atoms with Crippen LogP contribution in [0.15, 0.2) is 0 Å². The van der Waals surface area contributed by atoms with E-state index in [9.17, 15) is 4.79 Å². The quantitative estimate of drug-likeness (QED) is 0.615. The maximum absolute atomic E-state index is 11.5. The van der Waals surface area contributed by atoms with Gasteiger partial charge in [-0.05, 0) is 12.8 Å². The number of hydrogen-bond acceptors (Lipinski definition) is 3. The molecular formula is C9H16N2O2. The van der Waals surface area contributed by atoms with Crippen molar-refractivity contribution in [3.8, 4) is 0 Å². The van der Waals surface area contributed by atoms with Gasteiger partial charge < -0.3 is 15.8 Å². The summed E-state index contributed by atoms with van der Waals surface area (Å²) in [6, 6.07) is 0.0112. The Morgan fingerprint density at radius 2 is 2.15 bits per heavy atom. The molecule has 1 saturated carbocycles. The molecule has 2 unspecified atom stereocenters. The van der Waals surface area contributed by atoms with Gasteiger partial charge >= 0.3 is 0 Å². The van der Waals surface area contributed by atoms with Gasteiger partial charge in [-0.3, -0.25) is 4.79 Å². The molecule has 74 valence electrons. The predicted molar refractivity (Wildman–Crippen MR) is 48.1 cm³/mol. The van der Waals surface area contributed by atoms with Crippen molar-refractivity contribution in [2.45, 2.75) is 31.3 Å².